The minimum absolute atomic E-state index is 0.0404. The van der Waals surface area contributed by atoms with Crippen molar-refractivity contribution in [2.75, 3.05) is 20.3 Å². The second-order valence-electron chi connectivity index (χ2n) is 10.6. The summed E-state index contributed by atoms with van der Waals surface area (Å²) in [6.07, 6.45) is -1.97. The molecule has 220 valence electrons. The first kappa shape index (κ1) is 28.8. The summed E-state index contributed by atoms with van der Waals surface area (Å²) in [7, 11) is 1.39. The number of nitrogens with one attached hydrogen (secondary N) is 3. The predicted molar refractivity (Wildman–Crippen MR) is 141 cm³/mol. The molecule has 2 amide bonds. The van der Waals surface area contributed by atoms with Crippen LogP contribution in [0.3, 0.4) is 0 Å². The Morgan fingerprint density at radius 2 is 1.90 bits per heavy atom. The number of aromatic amines is 1. The topological polar surface area (TPSA) is 118 Å². The van der Waals surface area contributed by atoms with E-state index in [1.165, 1.54) is 19.5 Å². The Balaban J connectivity index is 1.41. The largest absolute Gasteiger partial charge is 0.493 e. The van der Waals surface area contributed by atoms with Gasteiger partial charge < -0.3 is 25.1 Å². The predicted octanol–water partition coefficient (Wildman–Crippen LogP) is 4.49. The molecule has 0 spiro atoms. The van der Waals surface area contributed by atoms with Gasteiger partial charge in [0.1, 0.15) is 36.1 Å². The quantitative estimate of drug-likeness (QED) is 0.323. The van der Waals surface area contributed by atoms with Crippen LogP contribution in [0, 0.1) is 12.8 Å². The molecule has 2 aliphatic carbocycles. The summed E-state index contributed by atoms with van der Waals surface area (Å²) in [5.41, 5.74) is 0.450. The zero-order valence-corrected chi connectivity index (χ0v) is 22.6. The summed E-state index contributed by atoms with van der Waals surface area (Å²) in [5, 5.41) is 5.46. The van der Waals surface area contributed by atoms with Crippen molar-refractivity contribution >= 4 is 22.8 Å². The number of carbonyl (C=O) groups excluding carboxylic acids is 2. The monoisotopic (exact) mass is 577 g/mol. The molecule has 0 saturated heterocycles. The molecule has 0 radical (unpaired) electrons. The number of methoxy groups -OCH3 is 1. The Morgan fingerprint density at radius 1 is 1.12 bits per heavy atom. The minimum atomic E-state index is -4.58. The molecule has 2 aromatic heterocycles. The van der Waals surface area contributed by atoms with E-state index >= 15 is 4.39 Å². The van der Waals surface area contributed by atoms with Crippen molar-refractivity contribution in [1.82, 2.24) is 25.6 Å². The van der Waals surface area contributed by atoms with Crippen molar-refractivity contribution in [3.05, 3.63) is 41.3 Å². The van der Waals surface area contributed by atoms with Crippen LogP contribution in [-0.2, 0) is 15.7 Å². The fourth-order valence-corrected chi connectivity index (χ4v) is 5.16. The number of aryl methyl sites for hydroxylation is 1. The molecular weight excluding hydrogens is 546 g/mol. The molecule has 0 bridgehead atoms. The molecule has 41 heavy (non-hydrogen) atoms. The second-order valence-corrected chi connectivity index (χ2v) is 10.6. The van der Waals surface area contributed by atoms with E-state index in [1.54, 1.807) is 6.92 Å². The summed E-state index contributed by atoms with van der Waals surface area (Å²) in [6, 6.07) is 2.09. The van der Waals surface area contributed by atoms with Crippen LogP contribution >= 0.6 is 0 Å². The molecule has 2 fully saturated rings. The van der Waals surface area contributed by atoms with Gasteiger partial charge in [-0.1, -0.05) is 0 Å². The smallest absolute Gasteiger partial charge is 0.416 e. The van der Waals surface area contributed by atoms with Gasteiger partial charge in [-0.05, 0) is 56.7 Å². The van der Waals surface area contributed by atoms with E-state index in [0.717, 1.165) is 25.0 Å². The van der Waals surface area contributed by atoms with Crippen LogP contribution in [0.2, 0.25) is 0 Å². The van der Waals surface area contributed by atoms with Crippen LogP contribution in [0.4, 0.5) is 17.6 Å². The number of benzene rings is 1. The fourth-order valence-electron chi connectivity index (χ4n) is 5.16. The fraction of sp³-hybridized carbons (Fsp3) is 0.500. The van der Waals surface area contributed by atoms with Crippen LogP contribution in [-0.4, -0.2) is 65.3 Å². The van der Waals surface area contributed by atoms with Crippen molar-refractivity contribution in [2.24, 2.45) is 5.92 Å². The third kappa shape index (κ3) is 6.45. The van der Waals surface area contributed by atoms with Gasteiger partial charge in [0.15, 0.2) is 0 Å². The summed E-state index contributed by atoms with van der Waals surface area (Å²) < 4.78 is 66.5. The highest BCUT2D eigenvalue weighted by atomic mass is 19.4. The molecule has 13 heteroatoms. The van der Waals surface area contributed by atoms with Gasteiger partial charge in [-0.3, -0.25) is 9.59 Å². The molecule has 3 atom stereocenters. The van der Waals surface area contributed by atoms with E-state index in [0.29, 0.717) is 31.1 Å². The number of hydrogen-bond donors (Lipinski definition) is 3. The number of hydrogen-bond acceptors (Lipinski definition) is 6. The molecule has 2 saturated carbocycles. The molecule has 5 rings (SSSR count). The number of amides is 2. The van der Waals surface area contributed by atoms with Crippen molar-refractivity contribution in [1.29, 1.82) is 0 Å². The van der Waals surface area contributed by atoms with Gasteiger partial charge in [0.2, 0.25) is 5.91 Å². The lowest BCUT2D eigenvalue weighted by atomic mass is 9.89. The highest BCUT2D eigenvalue weighted by Gasteiger charge is 2.35. The van der Waals surface area contributed by atoms with Gasteiger partial charge in [0.05, 0.1) is 29.3 Å². The zero-order chi connectivity index (χ0) is 29.3. The molecular formula is C28H31F4N5O4. The van der Waals surface area contributed by atoms with Gasteiger partial charge in [0.25, 0.3) is 5.91 Å². The van der Waals surface area contributed by atoms with Gasteiger partial charge in [-0.15, -0.1) is 0 Å². The number of alkyl halides is 4. The van der Waals surface area contributed by atoms with Crippen LogP contribution in [0.1, 0.15) is 53.7 Å². The maximum atomic E-state index is 15.0. The van der Waals surface area contributed by atoms with Gasteiger partial charge in [-0.25, -0.2) is 14.4 Å². The SMILES string of the molecule is COCC(=O)N[C@H]1CC[C@H](NC(=O)c2c(C)[nH]c3c(-c4cc(C(F)(F)F)ccc4OCC4CC4)ncnc23)[C@H](F)C1. The molecule has 2 aliphatic rings. The van der Waals surface area contributed by atoms with E-state index in [2.05, 4.69) is 25.6 Å². The van der Waals surface area contributed by atoms with Crippen LogP contribution < -0.4 is 15.4 Å². The maximum absolute atomic E-state index is 15.0. The van der Waals surface area contributed by atoms with E-state index in [1.807, 2.05) is 0 Å². The maximum Gasteiger partial charge on any atom is 0.416 e. The first-order valence-electron chi connectivity index (χ1n) is 13.5. The van der Waals surface area contributed by atoms with Crippen molar-refractivity contribution in [2.45, 2.75) is 63.5 Å². The lowest BCUT2D eigenvalue weighted by Crippen LogP contribution is -2.50. The highest BCUT2D eigenvalue weighted by Crippen LogP contribution is 2.40. The molecule has 2 heterocycles. The summed E-state index contributed by atoms with van der Waals surface area (Å²) >= 11 is 0. The summed E-state index contributed by atoms with van der Waals surface area (Å²) in [4.78, 5) is 36.7. The molecule has 1 aromatic carbocycles. The number of nitrogens with zero attached hydrogens (tertiary/aromatic N) is 2. The van der Waals surface area contributed by atoms with Crippen LogP contribution in [0.25, 0.3) is 22.3 Å². The van der Waals surface area contributed by atoms with Gasteiger partial charge in [0, 0.05) is 30.8 Å². The minimum Gasteiger partial charge on any atom is -0.493 e. The lowest BCUT2D eigenvalue weighted by molar-refractivity contribution is -0.137. The average molecular weight is 578 g/mol. The molecule has 9 nitrogen and oxygen atoms in total. The second kappa shape index (κ2) is 11.6. The van der Waals surface area contributed by atoms with Gasteiger partial charge >= 0.3 is 6.18 Å². The number of H-pyrrole nitrogens is 1. The number of ether oxygens (including phenoxy) is 2. The number of fused-ring (bicyclic) bond motifs is 1. The third-order valence-corrected chi connectivity index (χ3v) is 7.46. The number of halogens is 4. The molecule has 3 N–H and O–H groups in total. The summed E-state index contributed by atoms with van der Waals surface area (Å²) in [5.74, 6) is -0.284. The molecule has 0 unspecified atom stereocenters. The van der Waals surface area contributed by atoms with Crippen LogP contribution in [0.15, 0.2) is 24.5 Å². The van der Waals surface area contributed by atoms with Gasteiger partial charge in [-0.2, -0.15) is 13.2 Å². The van der Waals surface area contributed by atoms with Crippen molar-refractivity contribution < 1.29 is 36.6 Å². The van der Waals surface area contributed by atoms with E-state index in [-0.39, 0.29) is 58.6 Å². The molecule has 3 aromatic rings. The lowest BCUT2D eigenvalue weighted by Gasteiger charge is -2.32. The van der Waals surface area contributed by atoms with E-state index in [9.17, 15) is 22.8 Å². The first-order chi connectivity index (χ1) is 19.5. The van der Waals surface area contributed by atoms with E-state index < -0.39 is 29.9 Å². The average Bonchev–Trinajstić information content (AvgIpc) is 3.68. The Bertz CT molecular complexity index is 1440. The van der Waals surface area contributed by atoms with Crippen molar-refractivity contribution in [3.63, 3.8) is 0 Å². The van der Waals surface area contributed by atoms with Crippen LogP contribution in [0.5, 0.6) is 5.75 Å². The Kier molecular flexibility index (Phi) is 8.16. The third-order valence-electron chi connectivity index (χ3n) is 7.46. The van der Waals surface area contributed by atoms with Crippen molar-refractivity contribution in [3.8, 4) is 17.0 Å². The summed E-state index contributed by atoms with van der Waals surface area (Å²) in [6.45, 7) is 1.89. The Labute approximate surface area is 233 Å². The van der Waals surface area contributed by atoms with E-state index in [4.69, 9.17) is 9.47 Å². The normalized spacial score (nSPS) is 21.1. The molecule has 0 aliphatic heterocycles. The standard InChI is InChI=1S/C28H31F4N5O4/c1-14-23(27(39)37-20-7-6-17(10-19(20)29)36-22(38)12-40-2)25-26(35-14)24(33-13-34-25)18-9-16(28(30,31)32)5-8-21(18)41-11-15-3-4-15/h5,8-9,13,15,17,19-20,35H,3-4,6-7,10-12H2,1-2H3,(H,36,38)(H,37,39)/t17-,19+,20-/m0/s1. The zero-order valence-electron chi connectivity index (χ0n) is 22.6. The first-order valence-corrected chi connectivity index (χ1v) is 13.5. The number of aromatic nitrogens is 3. The number of carbonyl (C=O) groups is 2. The number of rotatable bonds is 9. The Morgan fingerprint density at radius 3 is 2.59 bits per heavy atom. The highest BCUT2D eigenvalue weighted by molar-refractivity contribution is 6.09. The Hall–Kier alpha value is -3.74.